The van der Waals surface area contributed by atoms with E-state index in [0.717, 1.165) is 39.7 Å². The number of carbonyl (C=O) groups is 1. The third kappa shape index (κ3) is 4.07. The molecule has 1 amide bonds. The van der Waals surface area contributed by atoms with Crippen molar-refractivity contribution in [1.82, 2.24) is 24.6 Å². The van der Waals surface area contributed by atoms with Crippen LogP contribution in [0.3, 0.4) is 0 Å². The Morgan fingerprint density at radius 1 is 1.09 bits per heavy atom. The lowest BCUT2D eigenvalue weighted by atomic mass is 10.0. The molecule has 0 bridgehead atoms. The summed E-state index contributed by atoms with van der Waals surface area (Å²) < 4.78 is 1.79. The van der Waals surface area contributed by atoms with Crippen LogP contribution in [0, 0.1) is 6.92 Å². The number of carbonyl (C=O) groups excluding carboxylic acids is 1. The summed E-state index contributed by atoms with van der Waals surface area (Å²) in [6, 6.07) is 14.1. The van der Waals surface area contributed by atoms with E-state index in [1.807, 2.05) is 41.3 Å². The molecule has 8 heteroatoms. The van der Waals surface area contributed by atoms with E-state index in [9.17, 15) is 4.79 Å². The molecule has 0 aliphatic carbocycles. The van der Waals surface area contributed by atoms with E-state index < -0.39 is 0 Å². The van der Waals surface area contributed by atoms with Crippen molar-refractivity contribution in [3.8, 4) is 11.3 Å². The standard InChI is InChI=1S/C26H29N7O/c1-16-7-5-6-8-19(16)21-11-17-12-22(28-14-20(17)25(27)29-21)30-23-13-18-9-10-32(26(2,3)4)24(34)15-33(18)31-23/h5-8,11-14H,9-10,15H2,1-4H3,(H2,27,29)(H,28,30,31). The number of pyridine rings is 2. The summed E-state index contributed by atoms with van der Waals surface area (Å²) in [6.07, 6.45) is 2.48. The minimum absolute atomic E-state index is 0.0800. The predicted molar refractivity (Wildman–Crippen MR) is 135 cm³/mol. The SMILES string of the molecule is Cc1ccccc1-c1cc2cc(Nc3cc4n(n3)CC(=O)N(C(C)(C)C)CC4)ncc2c(N)n1. The topological polar surface area (TPSA) is 102 Å². The van der Waals surface area contributed by atoms with Crippen LogP contribution in [-0.2, 0) is 17.8 Å². The Morgan fingerprint density at radius 3 is 2.65 bits per heavy atom. The van der Waals surface area contributed by atoms with Crippen molar-refractivity contribution in [2.75, 3.05) is 17.6 Å². The minimum Gasteiger partial charge on any atom is -0.383 e. The number of rotatable bonds is 3. The van der Waals surface area contributed by atoms with Crippen molar-refractivity contribution >= 4 is 34.1 Å². The van der Waals surface area contributed by atoms with Gasteiger partial charge in [0.1, 0.15) is 18.2 Å². The average Bonchev–Trinajstić information content (AvgIpc) is 3.05. The van der Waals surface area contributed by atoms with Crippen LogP contribution >= 0.6 is 0 Å². The maximum absolute atomic E-state index is 12.8. The molecule has 1 aromatic carbocycles. The molecule has 174 valence electrons. The van der Waals surface area contributed by atoms with Crippen LogP contribution in [0.25, 0.3) is 22.0 Å². The predicted octanol–water partition coefficient (Wildman–Crippen LogP) is 4.31. The molecule has 0 fully saturated rings. The first-order valence-electron chi connectivity index (χ1n) is 11.5. The van der Waals surface area contributed by atoms with Crippen LogP contribution in [0.15, 0.2) is 48.7 Å². The van der Waals surface area contributed by atoms with Gasteiger partial charge >= 0.3 is 0 Å². The zero-order chi connectivity index (χ0) is 24.0. The first-order valence-corrected chi connectivity index (χ1v) is 11.5. The number of amides is 1. The molecule has 0 radical (unpaired) electrons. The van der Waals surface area contributed by atoms with Gasteiger partial charge in [0.15, 0.2) is 5.82 Å². The van der Waals surface area contributed by atoms with Crippen molar-refractivity contribution in [3.63, 3.8) is 0 Å². The summed E-state index contributed by atoms with van der Waals surface area (Å²) in [5.74, 6) is 1.85. The van der Waals surface area contributed by atoms with Crippen LogP contribution in [0.5, 0.6) is 0 Å². The quantitative estimate of drug-likeness (QED) is 0.477. The van der Waals surface area contributed by atoms with E-state index in [4.69, 9.17) is 5.73 Å². The molecule has 0 saturated heterocycles. The number of nitrogens with one attached hydrogen (secondary N) is 1. The number of nitrogen functional groups attached to an aromatic ring is 1. The van der Waals surface area contributed by atoms with Crippen LogP contribution in [-0.4, -0.2) is 42.6 Å². The van der Waals surface area contributed by atoms with Gasteiger partial charge in [-0.2, -0.15) is 5.10 Å². The van der Waals surface area contributed by atoms with Crippen LogP contribution in [0.4, 0.5) is 17.5 Å². The molecule has 8 nitrogen and oxygen atoms in total. The number of benzene rings is 1. The van der Waals surface area contributed by atoms with Crippen LogP contribution in [0.1, 0.15) is 32.0 Å². The Hall–Kier alpha value is -3.94. The van der Waals surface area contributed by atoms with Gasteiger partial charge in [-0.15, -0.1) is 0 Å². The van der Waals surface area contributed by atoms with Gasteiger partial charge in [-0.25, -0.2) is 9.97 Å². The summed E-state index contributed by atoms with van der Waals surface area (Å²) in [6.45, 7) is 9.15. The number of nitrogens with two attached hydrogens (primary N) is 1. The Labute approximate surface area is 198 Å². The molecule has 5 rings (SSSR count). The van der Waals surface area contributed by atoms with E-state index in [2.05, 4.69) is 54.1 Å². The highest BCUT2D eigenvalue weighted by atomic mass is 16.2. The molecule has 0 unspecified atom stereocenters. The Kier molecular flexibility index (Phi) is 5.23. The summed E-state index contributed by atoms with van der Waals surface area (Å²) in [5, 5.41) is 9.67. The molecule has 0 saturated carbocycles. The van der Waals surface area contributed by atoms with Gasteiger partial charge in [0.05, 0.1) is 5.69 Å². The zero-order valence-electron chi connectivity index (χ0n) is 20.0. The summed E-state index contributed by atoms with van der Waals surface area (Å²) in [4.78, 5) is 23.8. The van der Waals surface area contributed by atoms with Gasteiger partial charge < -0.3 is 16.0 Å². The van der Waals surface area contributed by atoms with Crippen molar-refractivity contribution in [2.45, 2.75) is 46.2 Å². The molecule has 1 aliphatic rings. The number of hydrogen-bond donors (Lipinski definition) is 2. The Morgan fingerprint density at radius 2 is 1.88 bits per heavy atom. The molecular formula is C26H29N7O. The van der Waals surface area contributed by atoms with Crippen molar-refractivity contribution in [3.05, 3.63) is 59.9 Å². The maximum atomic E-state index is 12.8. The van der Waals surface area contributed by atoms with E-state index in [-0.39, 0.29) is 18.0 Å². The number of aryl methyl sites for hydroxylation is 1. The highest BCUT2D eigenvalue weighted by molar-refractivity contribution is 5.94. The second-order valence-electron chi connectivity index (χ2n) is 9.77. The van der Waals surface area contributed by atoms with Gasteiger partial charge in [-0.3, -0.25) is 9.48 Å². The summed E-state index contributed by atoms with van der Waals surface area (Å²) in [5.41, 5.74) is 10.1. The fourth-order valence-electron chi connectivity index (χ4n) is 4.50. The van der Waals surface area contributed by atoms with E-state index in [1.54, 1.807) is 10.9 Å². The fraction of sp³-hybridized carbons (Fsp3) is 0.308. The molecule has 4 aromatic rings. The second-order valence-corrected chi connectivity index (χ2v) is 9.77. The van der Waals surface area contributed by atoms with Gasteiger partial charge in [0, 0.05) is 47.4 Å². The molecular weight excluding hydrogens is 426 g/mol. The maximum Gasteiger partial charge on any atom is 0.244 e. The van der Waals surface area contributed by atoms with Gasteiger partial charge in [0.25, 0.3) is 0 Å². The largest absolute Gasteiger partial charge is 0.383 e. The zero-order valence-corrected chi connectivity index (χ0v) is 20.0. The lowest BCUT2D eigenvalue weighted by Crippen LogP contribution is -2.46. The smallest absolute Gasteiger partial charge is 0.244 e. The number of fused-ring (bicyclic) bond motifs is 2. The summed E-state index contributed by atoms with van der Waals surface area (Å²) >= 11 is 0. The van der Waals surface area contributed by atoms with Gasteiger partial charge in [0.2, 0.25) is 5.91 Å². The van der Waals surface area contributed by atoms with Crippen molar-refractivity contribution < 1.29 is 4.79 Å². The number of aromatic nitrogens is 4. The lowest BCUT2D eigenvalue weighted by molar-refractivity contribution is -0.136. The number of nitrogens with zero attached hydrogens (tertiary/aromatic N) is 5. The normalized spacial score (nSPS) is 14.2. The molecule has 34 heavy (non-hydrogen) atoms. The first kappa shape index (κ1) is 21.9. The Bertz CT molecular complexity index is 1400. The molecule has 4 heterocycles. The number of hydrogen-bond acceptors (Lipinski definition) is 6. The van der Waals surface area contributed by atoms with E-state index >= 15 is 0 Å². The minimum atomic E-state index is -0.203. The molecule has 3 N–H and O–H groups in total. The third-order valence-corrected chi connectivity index (χ3v) is 6.27. The van der Waals surface area contributed by atoms with E-state index in [1.165, 1.54) is 0 Å². The molecule has 1 aliphatic heterocycles. The number of anilines is 3. The lowest BCUT2D eigenvalue weighted by Gasteiger charge is -2.34. The molecule has 0 atom stereocenters. The van der Waals surface area contributed by atoms with Gasteiger partial charge in [-0.1, -0.05) is 24.3 Å². The first-order chi connectivity index (χ1) is 16.2. The highest BCUT2D eigenvalue weighted by Crippen LogP contribution is 2.30. The average molecular weight is 456 g/mol. The van der Waals surface area contributed by atoms with Gasteiger partial charge in [-0.05, 0) is 50.8 Å². The van der Waals surface area contributed by atoms with E-state index in [0.29, 0.717) is 24.0 Å². The third-order valence-electron chi connectivity index (χ3n) is 6.27. The van der Waals surface area contributed by atoms with Crippen LogP contribution < -0.4 is 11.1 Å². The van der Waals surface area contributed by atoms with Crippen LogP contribution in [0.2, 0.25) is 0 Å². The fourth-order valence-corrected chi connectivity index (χ4v) is 4.50. The summed E-state index contributed by atoms with van der Waals surface area (Å²) in [7, 11) is 0. The van der Waals surface area contributed by atoms with Crippen molar-refractivity contribution in [1.29, 1.82) is 0 Å². The highest BCUT2D eigenvalue weighted by Gasteiger charge is 2.29. The van der Waals surface area contributed by atoms with Crippen molar-refractivity contribution in [2.24, 2.45) is 0 Å². The second kappa shape index (κ2) is 8.13. The monoisotopic (exact) mass is 455 g/mol. The molecule has 3 aromatic heterocycles. The Balaban J connectivity index is 1.43. The molecule has 0 spiro atoms.